The average molecular weight is 1290 g/mol. The maximum atomic E-state index is 13.1. The van der Waals surface area contributed by atoms with Gasteiger partial charge in [0.1, 0.15) is 13.2 Å². The van der Waals surface area contributed by atoms with Crippen LogP contribution in [0.3, 0.4) is 0 Å². The molecule has 0 bridgehead atoms. The van der Waals surface area contributed by atoms with Crippen LogP contribution in [0.25, 0.3) is 0 Å². The summed E-state index contributed by atoms with van der Waals surface area (Å²) in [6.07, 6.45) is 104. The van der Waals surface area contributed by atoms with Crippen molar-refractivity contribution in [3.8, 4) is 0 Å². The van der Waals surface area contributed by atoms with E-state index >= 15 is 0 Å². The topological polar surface area (TPSA) is 105 Å². The van der Waals surface area contributed by atoms with Gasteiger partial charge in [-0.1, -0.05) is 381 Å². The second kappa shape index (κ2) is 71.7. The van der Waals surface area contributed by atoms with Crippen molar-refractivity contribution < 1.29 is 32.9 Å². The first-order valence-electron chi connectivity index (χ1n) is 39.1. The number of aliphatic hydroxyl groups excluding tert-OH is 1. The first kappa shape index (κ1) is 88.4. The molecule has 0 heterocycles. The number of hydrogen-bond acceptors (Lipinski definition) is 5. The molecule has 3 unspecified atom stereocenters. The van der Waals surface area contributed by atoms with Crippen LogP contribution in [0, 0.1) is 0 Å². The number of hydrogen-bond donors (Lipinski definition) is 3. The molecular formula is C82H152N2O6P+. The third-order valence-corrected chi connectivity index (χ3v) is 18.5. The fourth-order valence-electron chi connectivity index (χ4n) is 11.6. The monoisotopic (exact) mass is 1290 g/mol. The van der Waals surface area contributed by atoms with E-state index in [1.165, 1.54) is 263 Å². The number of carbonyl (C=O) groups is 1. The third-order valence-electron chi connectivity index (χ3n) is 17.6. The number of allylic oxidation sites excluding steroid dienone is 15. The Kier molecular flexibility index (Phi) is 69.7. The molecule has 3 N–H and O–H groups in total. The van der Waals surface area contributed by atoms with Crippen LogP contribution in [-0.4, -0.2) is 73.4 Å². The number of quaternary nitrogens is 1. The second-order valence-corrected chi connectivity index (χ2v) is 29.2. The molecule has 0 saturated carbocycles. The molecule has 0 radical (unpaired) electrons. The van der Waals surface area contributed by atoms with Crippen LogP contribution in [0.4, 0.5) is 0 Å². The number of nitrogens with one attached hydrogen (secondary N) is 1. The number of nitrogens with zero attached hydrogens (tertiary/aromatic N) is 1. The predicted molar refractivity (Wildman–Crippen MR) is 401 cm³/mol. The van der Waals surface area contributed by atoms with Crippen LogP contribution in [0.1, 0.15) is 367 Å². The Morgan fingerprint density at radius 1 is 0.385 bits per heavy atom. The Labute approximate surface area is 566 Å². The van der Waals surface area contributed by atoms with E-state index in [9.17, 15) is 19.4 Å². The molecule has 0 aromatic carbocycles. The molecule has 1 amide bonds. The summed E-state index contributed by atoms with van der Waals surface area (Å²) in [6, 6.07) is -0.851. The maximum Gasteiger partial charge on any atom is 0.472 e. The third kappa shape index (κ3) is 74.7. The van der Waals surface area contributed by atoms with Crippen molar-refractivity contribution in [3.05, 3.63) is 97.2 Å². The van der Waals surface area contributed by atoms with Gasteiger partial charge in [0.15, 0.2) is 0 Å². The van der Waals surface area contributed by atoms with E-state index < -0.39 is 20.0 Å². The van der Waals surface area contributed by atoms with Gasteiger partial charge in [0.2, 0.25) is 5.91 Å². The Bertz CT molecular complexity index is 1810. The second-order valence-electron chi connectivity index (χ2n) is 27.7. The Hall–Kier alpha value is -2.58. The van der Waals surface area contributed by atoms with Crippen LogP contribution in [-0.2, 0) is 18.4 Å². The maximum absolute atomic E-state index is 13.1. The standard InChI is InChI=1S/C82H151N2O6P/c1-6-8-10-12-14-16-18-20-22-24-26-28-30-32-34-36-37-38-39-40-41-42-43-44-45-46-47-48-50-52-54-56-58-60-62-64-66-68-70-72-74-76-82(86)83-80(79-90-91(87,88)89-78-77-84(3,4)5)81(85)75-73-71-69-67-65-63-61-59-57-55-53-51-49-35-33-31-29-27-25-23-21-19-17-15-13-11-9-7-2/h8,10,14,16,20,22,26,28,32,34,37-38,40-41,73,75,80-81,85H,6-7,9,11-13,15,17-19,21,23-25,27,29-31,33,35-36,39,42-72,74,76-79H2,1-5H3,(H-,83,86,87,88)/p+1/b10-8-,16-14-,22-20-,28-26-,34-32-,38-37-,41-40-,75-73+. The first-order valence-corrected chi connectivity index (χ1v) is 40.6. The van der Waals surface area contributed by atoms with Crippen LogP contribution < -0.4 is 5.32 Å². The SMILES string of the molecule is CC/C=C\C/C=C\C/C=C\C/C=C\C/C=C\C/C=C\C/C=C\CCCCCCCCCCCCCCCCCCCCCC(=O)NC(COP(=O)(O)OCC[N+](C)(C)C)C(O)/C=C/CCCCCCCCCCCCCCCCCCCCCCCCCCCC. The van der Waals surface area contributed by atoms with Gasteiger partial charge in [-0.3, -0.25) is 13.8 Å². The highest BCUT2D eigenvalue weighted by molar-refractivity contribution is 7.47. The van der Waals surface area contributed by atoms with Crippen molar-refractivity contribution in [1.29, 1.82) is 0 Å². The number of carbonyl (C=O) groups excluding carboxylic acids is 1. The predicted octanol–water partition coefficient (Wildman–Crippen LogP) is 25.6. The lowest BCUT2D eigenvalue weighted by atomic mass is 10.0. The van der Waals surface area contributed by atoms with Gasteiger partial charge in [0.25, 0.3) is 0 Å². The molecule has 0 saturated heterocycles. The first-order chi connectivity index (χ1) is 44.5. The number of aliphatic hydroxyl groups is 1. The fourth-order valence-corrected chi connectivity index (χ4v) is 12.3. The summed E-state index contributed by atoms with van der Waals surface area (Å²) in [5.41, 5.74) is 0. The van der Waals surface area contributed by atoms with Crippen molar-refractivity contribution in [2.24, 2.45) is 0 Å². The highest BCUT2D eigenvalue weighted by atomic mass is 31.2. The van der Waals surface area contributed by atoms with Gasteiger partial charge < -0.3 is 19.8 Å². The lowest BCUT2D eigenvalue weighted by molar-refractivity contribution is -0.870. The minimum atomic E-state index is -4.36. The molecule has 0 aliphatic rings. The van der Waals surface area contributed by atoms with Gasteiger partial charge in [-0.2, -0.15) is 0 Å². The zero-order valence-electron chi connectivity index (χ0n) is 60.8. The highest BCUT2D eigenvalue weighted by Crippen LogP contribution is 2.43. The van der Waals surface area contributed by atoms with E-state index in [1.54, 1.807) is 6.08 Å². The summed E-state index contributed by atoms with van der Waals surface area (Å²) in [5, 5.41) is 14.1. The summed E-state index contributed by atoms with van der Waals surface area (Å²) < 4.78 is 23.9. The van der Waals surface area contributed by atoms with Gasteiger partial charge in [0.05, 0.1) is 39.9 Å². The van der Waals surface area contributed by atoms with E-state index in [0.29, 0.717) is 17.4 Å². The molecule has 0 aliphatic carbocycles. The van der Waals surface area contributed by atoms with Crippen molar-refractivity contribution in [2.45, 2.75) is 379 Å². The van der Waals surface area contributed by atoms with Crippen molar-refractivity contribution >= 4 is 13.7 Å². The number of phosphoric acid groups is 1. The lowest BCUT2D eigenvalue weighted by Crippen LogP contribution is -2.45. The summed E-state index contributed by atoms with van der Waals surface area (Å²) in [4.78, 5) is 23.5. The molecule has 3 atom stereocenters. The fraction of sp³-hybridized carbons (Fsp3) is 0.793. The molecule has 0 rings (SSSR count). The normalized spacial score (nSPS) is 14.1. The molecule has 0 spiro atoms. The van der Waals surface area contributed by atoms with Gasteiger partial charge in [-0.15, -0.1) is 0 Å². The van der Waals surface area contributed by atoms with Gasteiger partial charge in [-0.25, -0.2) is 4.57 Å². The van der Waals surface area contributed by atoms with Gasteiger partial charge in [-0.05, 0) is 77.0 Å². The Morgan fingerprint density at radius 3 is 0.967 bits per heavy atom. The highest BCUT2D eigenvalue weighted by Gasteiger charge is 2.28. The van der Waals surface area contributed by atoms with Crippen LogP contribution in [0.2, 0.25) is 0 Å². The molecule has 0 aromatic rings. The van der Waals surface area contributed by atoms with Crippen LogP contribution in [0.5, 0.6) is 0 Å². The van der Waals surface area contributed by atoms with E-state index in [2.05, 4.69) is 104 Å². The largest absolute Gasteiger partial charge is 0.472 e. The Balaban J connectivity index is 3.98. The van der Waals surface area contributed by atoms with E-state index in [-0.39, 0.29) is 19.1 Å². The molecule has 0 aromatic heterocycles. The number of phosphoric ester groups is 1. The number of unbranched alkanes of at least 4 members (excludes halogenated alkanes) is 45. The smallest absolute Gasteiger partial charge is 0.387 e. The van der Waals surface area contributed by atoms with E-state index in [1.807, 2.05) is 27.2 Å². The minimum absolute atomic E-state index is 0.0609. The zero-order chi connectivity index (χ0) is 66.2. The molecule has 530 valence electrons. The van der Waals surface area contributed by atoms with Gasteiger partial charge in [0, 0.05) is 6.42 Å². The summed E-state index contributed by atoms with van der Waals surface area (Å²) in [6.45, 7) is 4.75. The zero-order valence-corrected chi connectivity index (χ0v) is 61.7. The van der Waals surface area contributed by atoms with Crippen molar-refractivity contribution in [1.82, 2.24) is 5.32 Å². The van der Waals surface area contributed by atoms with Crippen LogP contribution >= 0.6 is 7.82 Å². The number of likely N-dealkylation sites (N-methyl/N-ethyl adjacent to an activating group) is 1. The van der Waals surface area contributed by atoms with Crippen molar-refractivity contribution in [3.63, 3.8) is 0 Å². The minimum Gasteiger partial charge on any atom is -0.387 e. The van der Waals surface area contributed by atoms with Crippen molar-refractivity contribution in [2.75, 3.05) is 40.9 Å². The van der Waals surface area contributed by atoms with E-state index in [4.69, 9.17) is 9.05 Å². The molecule has 8 nitrogen and oxygen atoms in total. The molecular weight excluding hydrogens is 1140 g/mol. The van der Waals surface area contributed by atoms with E-state index in [0.717, 1.165) is 83.5 Å². The van der Waals surface area contributed by atoms with Crippen LogP contribution in [0.15, 0.2) is 97.2 Å². The molecule has 0 aliphatic heterocycles. The lowest BCUT2D eigenvalue weighted by Gasteiger charge is -2.25. The number of amides is 1. The van der Waals surface area contributed by atoms with Gasteiger partial charge >= 0.3 is 7.82 Å². The molecule has 0 fully saturated rings. The quantitative estimate of drug-likeness (QED) is 0.0243. The molecule has 9 heteroatoms. The Morgan fingerprint density at radius 2 is 0.659 bits per heavy atom. The summed E-state index contributed by atoms with van der Waals surface area (Å²) in [7, 11) is 1.58. The molecule has 91 heavy (non-hydrogen) atoms. The number of rotatable bonds is 72. The summed E-state index contributed by atoms with van der Waals surface area (Å²) >= 11 is 0. The summed E-state index contributed by atoms with van der Waals surface area (Å²) in [5.74, 6) is -0.172. The average Bonchev–Trinajstić information content (AvgIpc) is 3.59.